The quantitative estimate of drug-likeness (QED) is 0.617. The second-order valence-corrected chi connectivity index (χ2v) is 4.41. The lowest BCUT2D eigenvalue weighted by Gasteiger charge is -2.26. The van der Waals surface area contributed by atoms with Gasteiger partial charge in [0.2, 0.25) is 0 Å². The van der Waals surface area contributed by atoms with Gasteiger partial charge >= 0.3 is 0 Å². The molecule has 2 aliphatic carbocycles. The number of rotatable bonds is 2. The SMILES string of the molecule is C#CCC(N)C1CC2CCC1C2. The molecule has 1 nitrogen and oxygen atoms in total. The van der Waals surface area contributed by atoms with E-state index in [-0.39, 0.29) is 6.04 Å². The Hall–Kier alpha value is -0.480. The lowest BCUT2D eigenvalue weighted by molar-refractivity contribution is 0.284. The van der Waals surface area contributed by atoms with Crippen LogP contribution in [-0.2, 0) is 0 Å². The standard InChI is InChI=1S/C11H17N/c1-2-3-11(12)10-7-8-4-5-9(10)6-8/h1,8-11H,3-7,12H2. The molecule has 0 saturated heterocycles. The van der Waals surface area contributed by atoms with Gasteiger partial charge in [-0.3, -0.25) is 0 Å². The summed E-state index contributed by atoms with van der Waals surface area (Å²) in [6.07, 6.45) is 11.7. The predicted octanol–water partition coefficient (Wildman–Crippen LogP) is 1.77. The Balaban J connectivity index is 1.94. The Morgan fingerprint density at radius 2 is 2.25 bits per heavy atom. The van der Waals surface area contributed by atoms with Crippen molar-refractivity contribution in [2.24, 2.45) is 23.5 Å². The van der Waals surface area contributed by atoms with Crippen LogP contribution in [-0.4, -0.2) is 6.04 Å². The van der Waals surface area contributed by atoms with Gasteiger partial charge in [0.05, 0.1) is 0 Å². The zero-order valence-corrected chi connectivity index (χ0v) is 7.50. The molecule has 66 valence electrons. The largest absolute Gasteiger partial charge is 0.327 e. The van der Waals surface area contributed by atoms with E-state index in [1.165, 1.54) is 25.7 Å². The molecule has 0 aromatic rings. The van der Waals surface area contributed by atoms with Crippen LogP contribution in [0.3, 0.4) is 0 Å². The zero-order valence-electron chi connectivity index (χ0n) is 7.50. The third-order valence-electron chi connectivity index (χ3n) is 3.70. The van der Waals surface area contributed by atoms with Gasteiger partial charge in [-0.2, -0.15) is 0 Å². The topological polar surface area (TPSA) is 26.0 Å². The van der Waals surface area contributed by atoms with E-state index in [1.807, 2.05) is 0 Å². The summed E-state index contributed by atoms with van der Waals surface area (Å²) in [4.78, 5) is 0. The number of terminal acetylenes is 1. The number of hydrogen-bond acceptors (Lipinski definition) is 1. The predicted molar refractivity (Wildman–Crippen MR) is 50.4 cm³/mol. The Bertz CT molecular complexity index is 204. The average Bonchev–Trinajstić information content (AvgIpc) is 2.64. The van der Waals surface area contributed by atoms with Gasteiger partial charge in [-0.25, -0.2) is 0 Å². The van der Waals surface area contributed by atoms with Gasteiger partial charge in [0.1, 0.15) is 0 Å². The van der Waals surface area contributed by atoms with Crippen molar-refractivity contribution < 1.29 is 0 Å². The highest BCUT2D eigenvalue weighted by Crippen LogP contribution is 2.49. The first-order chi connectivity index (χ1) is 5.81. The van der Waals surface area contributed by atoms with Gasteiger partial charge in [-0.05, 0) is 37.0 Å². The smallest absolute Gasteiger partial charge is 0.0241 e. The van der Waals surface area contributed by atoms with Gasteiger partial charge < -0.3 is 5.73 Å². The fraction of sp³-hybridized carbons (Fsp3) is 0.818. The van der Waals surface area contributed by atoms with Crippen molar-refractivity contribution in [2.75, 3.05) is 0 Å². The fourth-order valence-corrected chi connectivity index (χ4v) is 3.11. The Morgan fingerprint density at radius 3 is 2.75 bits per heavy atom. The highest BCUT2D eigenvalue weighted by atomic mass is 14.7. The molecule has 0 heterocycles. The summed E-state index contributed by atoms with van der Waals surface area (Å²) >= 11 is 0. The third kappa shape index (κ3) is 1.25. The van der Waals surface area contributed by atoms with Crippen LogP contribution in [0.5, 0.6) is 0 Å². The summed E-state index contributed by atoms with van der Waals surface area (Å²) in [6.45, 7) is 0. The van der Waals surface area contributed by atoms with Crippen LogP contribution in [0.15, 0.2) is 0 Å². The molecular formula is C11H17N. The molecule has 0 amide bonds. The number of nitrogens with two attached hydrogens (primary N) is 1. The van der Waals surface area contributed by atoms with Gasteiger partial charge in [-0.15, -0.1) is 12.3 Å². The molecule has 2 N–H and O–H groups in total. The molecular weight excluding hydrogens is 146 g/mol. The first-order valence-corrected chi connectivity index (χ1v) is 5.00. The van der Waals surface area contributed by atoms with E-state index in [0.717, 1.165) is 24.2 Å². The minimum Gasteiger partial charge on any atom is -0.327 e. The van der Waals surface area contributed by atoms with E-state index < -0.39 is 0 Å². The summed E-state index contributed by atoms with van der Waals surface area (Å²) in [5.41, 5.74) is 6.03. The summed E-state index contributed by atoms with van der Waals surface area (Å²) < 4.78 is 0. The first kappa shape index (κ1) is 8.13. The van der Waals surface area contributed by atoms with E-state index in [0.29, 0.717) is 0 Å². The summed E-state index contributed by atoms with van der Waals surface area (Å²) in [5.74, 6) is 5.33. The average molecular weight is 163 g/mol. The Labute approximate surface area is 74.7 Å². The van der Waals surface area contributed by atoms with Crippen LogP contribution in [0.2, 0.25) is 0 Å². The highest BCUT2D eigenvalue weighted by Gasteiger charge is 2.41. The Kier molecular flexibility index (Phi) is 2.11. The molecule has 2 aliphatic rings. The van der Waals surface area contributed by atoms with Gasteiger partial charge in [-0.1, -0.05) is 6.42 Å². The van der Waals surface area contributed by atoms with Crippen LogP contribution >= 0.6 is 0 Å². The summed E-state index contributed by atoms with van der Waals surface area (Å²) in [7, 11) is 0. The minimum atomic E-state index is 0.283. The maximum atomic E-state index is 6.03. The molecule has 0 aromatic carbocycles. The molecule has 2 rings (SSSR count). The molecule has 0 aromatic heterocycles. The first-order valence-electron chi connectivity index (χ1n) is 5.00. The van der Waals surface area contributed by atoms with Crippen LogP contribution in [0.25, 0.3) is 0 Å². The van der Waals surface area contributed by atoms with Crippen LogP contribution in [0.1, 0.15) is 32.1 Å². The van der Waals surface area contributed by atoms with Crippen molar-refractivity contribution in [2.45, 2.75) is 38.1 Å². The van der Waals surface area contributed by atoms with Crippen molar-refractivity contribution in [3.8, 4) is 12.3 Å². The van der Waals surface area contributed by atoms with Gasteiger partial charge in [0.15, 0.2) is 0 Å². The number of fused-ring (bicyclic) bond motifs is 2. The Morgan fingerprint density at radius 1 is 1.42 bits per heavy atom. The van der Waals surface area contributed by atoms with Crippen molar-refractivity contribution in [1.29, 1.82) is 0 Å². The van der Waals surface area contributed by atoms with E-state index in [1.54, 1.807) is 0 Å². The van der Waals surface area contributed by atoms with E-state index in [4.69, 9.17) is 12.2 Å². The lowest BCUT2D eigenvalue weighted by atomic mass is 9.82. The summed E-state index contributed by atoms with van der Waals surface area (Å²) in [6, 6.07) is 0.283. The molecule has 0 spiro atoms. The van der Waals surface area contributed by atoms with Crippen molar-refractivity contribution in [1.82, 2.24) is 0 Å². The van der Waals surface area contributed by atoms with E-state index in [9.17, 15) is 0 Å². The molecule has 1 heteroatoms. The summed E-state index contributed by atoms with van der Waals surface area (Å²) in [5, 5.41) is 0. The third-order valence-corrected chi connectivity index (χ3v) is 3.70. The van der Waals surface area contributed by atoms with Crippen LogP contribution < -0.4 is 5.73 Å². The maximum absolute atomic E-state index is 6.03. The van der Waals surface area contributed by atoms with Gasteiger partial charge in [0, 0.05) is 12.5 Å². The molecule has 4 unspecified atom stereocenters. The van der Waals surface area contributed by atoms with Crippen molar-refractivity contribution in [3.05, 3.63) is 0 Å². The lowest BCUT2D eigenvalue weighted by Crippen LogP contribution is -2.33. The monoisotopic (exact) mass is 163 g/mol. The highest BCUT2D eigenvalue weighted by molar-refractivity contribution is 4.98. The van der Waals surface area contributed by atoms with Crippen molar-refractivity contribution in [3.63, 3.8) is 0 Å². The van der Waals surface area contributed by atoms with Gasteiger partial charge in [0.25, 0.3) is 0 Å². The normalized spacial score (nSPS) is 41.2. The zero-order chi connectivity index (χ0) is 8.55. The molecule has 0 aliphatic heterocycles. The molecule has 2 fully saturated rings. The maximum Gasteiger partial charge on any atom is 0.0241 e. The molecule has 12 heavy (non-hydrogen) atoms. The fourth-order valence-electron chi connectivity index (χ4n) is 3.11. The second-order valence-electron chi connectivity index (χ2n) is 4.41. The minimum absolute atomic E-state index is 0.283. The van der Waals surface area contributed by atoms with Crippen molar-refractivity contribution >= 4 is 0 Å². The number of hydrogen-bond donors (Lipinski definition) is 1. The van der Waals surface area contributed by atoms with Crippen LogP contribution in [0.4, 0.5) is 0 Å². The molecule has 0 radical (unpaired) electrons. The van der Waals surface area contributed by atoms with Crippen LogP contribution in [0, 0.1) is 30.1 Å². The molecule has 2 saturated carbocycles. The second kappa shape index (κ2) is 3.11. The van der Waals surface area contributed by atoms with E-state index >= 15 is 0 Å². The molecule has 2 bridgehead atoms. The van der Waals surface area contributed by atoms with E-state index in [2.05, 4.69) is 5.92 Å². The molecule has 4 atom stereocenters.